The summed E-state index contributed by atoms with van der Waals surface area (Å²) in [5.41, 5.74) is 5.60. The maximum absolute atomic E-state index is 6.48. The summed E-state index contributed by atoms with van der Waals surface area (Å²) in [5.74, 6) is 0.833. The van der Waals surface area contributed by atoms with E-state index in [1.807, 2.05) is 18.3 Å². The molecule has 1 aliphatic heterocycles. The largest absolute Gasteiger partial charge is 0.294 e. The molecule has 0 atom stereocenters. The van der Waals surface area contributed by atoms with Crippen LogP contribution >= 0.6 is 22.9 Å². The second-order valence-electron chi connectivity index (χ2n) is 7.24. The molecule has 0 radical (unpaired) electrons. The number of fused-ring (bicyclic) bond motifs is 2. The first kappa shape index (κ1) is 17.7. The molecule has 0 unspecified atom stereocenters. The maximum Gasteiger partial charge on any atom is 0.169 e. The summed E-state index contributed by atoms with van der Waals surface area (Å²) >= 11 is 8.15. The van der Waals surface area contributed by atoms with Crippen LogP contribution in [0.2, 0.25) is 5.15 Å². The molecule has 4 aromatic rings. The summed E-state index contributed by atoms with van der Waals surface area (Å²) < 4.78 is 0. The fraction of sp³-hybridized carbons (Fsp3) is 0.227. The van der Waals surface area contributed by atoms with Crippen LogP contribution in [-0.4, -0.2) is 26.4 Å². The van der Waals surface area contributed by atoms with E-state index < -0.39 is 0 Å². The summed E-state index contributed by atoms with van der Waals surface area (Å²) in [6.07, 6.45) is 2.90. The van der Waals surface area contributed by atoms with Crippen LogP contribution in [0.4, 0.5) is 0 Å². The molecule has 140 valence electrons. The second-order valence-corrected chi connectivity index (χ2v) is 8.54. The van der Waals surface area contributed by atoms with Gasteiger partial charge in [0.05, 0.1) is 16.1 Å². The molecule has 0 aliphatic carbocycles. The van der Waals surface area contributed by atoms with E-state index in [0.29, 0.717) is 5.15 Å². The van der Waals surface area contributed by atoms with Crippen molar-refractivity contribution in [2.75, 3.05) is 6.54 Å². The molecular formula is C22H19ClN4S. The highest BCUT2D eigenvalue weighted by Crippen LogP contribution is 2.27. The first-order chi connectivity index (χ1) is 13.7. The number of thiophene rings is 1. The van der Waals surface area contributed by atoms with Crippen LogP contribution in [0.3, 0.4) is 0 Å². The smallest absolute Gasteiger partial charge is 0.169 e. The molecule has 4 nitrogen and oxygen atoms in total. The van der Waals surface area contributed by atoms with Crippen LogP contribution < -0.4 is 0 Å². The van der Waals surface area contributed by atoms with Crippen molar-refractivity contribution in [3.63, 3.8) is 0 Å². The van der Waals surface area contributed by atoms with E-state index in [4.69, 9.17) is 16.6 Å². The highest BCUT2D eigenvalue weighted by atomic mass is 35.5. The quantitative estimate of drug-likeness (QED) is 0.434. The molecule has 0 bridgehead atoms. The lowest BCUT2D eigenvalue weighted by atomic mass is 10.1. The number of nitrogens with zero attached hydrogens (tertiary/aromatic N) is 4. The molecule has 0 saturated heterocycles. The zero-order valence-electron chi connectivity index (χ0n) is 15.5. The van der Waals surface area contributed by atoms with E-state index in [-0.39, 0.29) is 0 Å². The van der Waals surface area contributed by atoms with Gasteiger partial charge in [0, 0.05) is 48.8 Å². The third kappa shape index (κ3) is 3.41. The number of pyridine rings is 1. The second kappa shape index (κ2) is 7.24. The monoisotopic (exact) mass is 406 g/mol. The van der Waals surface area contributed by atoms with Crippen LogP contribution in [0.25, 0.3) is 21.6 Å². The van der Waals surface area contributed by atoms with Crippen LogP contribution in [0, 0.1) is 6.92 Å². The Morgan fingerprint density at radius 1 is 1.18 bits per heavy atom. The Hall–Kier alpha value is -2.34. The number of aryl methyl sites for hydroxylation is 1. The highest BCUT2D eigenvalue weighted by Gasteiger charge is 2.20. The number of hydrogen-bond acceptors (Lipinski definition) is 5. The molecule has 0 amide bonds. The minimum Gasteiger partial charge on any atom is -0.294 e. The van der Waals surface area contributed by atoms with Gasteiger partial charge in [-0.1, -0.05) is 29.3 Å². The number of benzene rings is 1. The summed E-state index contributed by atoms with van der Waals surface area (Å²) in [4.78, 5) is 17.5. The lowest BCUT2D eigenvalue weighted by Crippen LogP contribution is -2.31. The summed E-state index contributed by atoms with van der Waals surface area (Å²) in [6, 6.07) is 12.5. The van der Waals surface area contributed by atoms with E-state index in [1.165, 1.54) is 11.1 Å². The minimum absolute atomic E-state index is 0.589. The van der Waals surface area contributed by atoms with Gasteiger partial charge >= 0.3 is 0 Å². The molecule has 28 heavy (non-hydrogen) atoms. The fourth-order valence-corrected chi connectivity index (χ4v) is 4.57. The third-order valence-electron chi connectivity index (χ3n) is 5.14. The fourth-order valence-electron chi connectivity index (χ4n) is 3.70. The molecule has 5 rings (SSSR count). The standard InChI is InChI=1S/C22H19ClN4S/c1-14-4-5-18-15(9-14)10-16(21(23)25-18)12-27-7-6-19-17(13-27)11-24-22(26-19)20-3-2-8-28-20/h2-5,8-11H,6-7,12-13H2,1H3. The van der Waals surface area contributed by atoms with Gasteiger partial charge in [-0.3, -0.25) is 4.90 Å². The van der Waals surface area contributed by atoms with Gasteiger partial charge in [-0.2, -0.15) is 0 Å². The van der Waals surface area contributed by atoms with E-state index in [2.05, 4.69) is 51.4 Å². The molecule has 0 spiro atoms. The average molecular weight is 407 g/mol. The molecule has 0 saturated carbocycles. The number of aromatic nitrogens is 3. The van der Waals surface area contributed by atoms with Crippen LogP contribution in [0.1, 0.15) is 22.4 Å². The van der Waals surface area contributed by atoms with Crippen LogP contribution in [-0.2, 0) is 19.5 Å². The van der Waals surface area contributed by atoms with E-state index in [1.54, 1.807) is 11.3 Å². The van der Waals surface area contributed by atoms with Gasteiger partial charge in [0.15, 0.2) is 5.82 Å². The van der Waals surface area contributed by atoms with Crippen molar-refractivity contribution in [3.8, 4) is 10.7 Å². The lowest BCUT2D eigenvalue weighted by Gasteiger charge is -2.28. The predicted octanol–water partition coefficient (Wildman–Crippen LogP) is 5.27. The van der Waals surface area contributed by atoms with Gasteiger partial charge < -0.3 is 0 Å². The molecule has 6 heteroatoms. The normalized spacial score (nSPS) is 14.4. The first-order valence-corrected chi connectivity index (χ1v) is 10.6. The van der Waals surface area contributed by atoms with Crippen molar-refractivity contribution in [2.45, 2.75) is 26.4 Å². The van der Waals surface area contributed by atoms with Crippen LogP contribution in [0.5, 0.6) is 0 Å². The SMILES string of the molecule is Cc1ccc2nc(Cl)c(CN3CCc4nc(-c5cccs5)ncc4C3)cc2c1. The molecular weight excluding hydrogens is 388 g/mol. The van der Waals surface area contributed by atoms with Crippen molar-refractivity contribution >= 4 is 33.8 Å². The van der Waals surface area contributed by atoms with E-state index in [0.717, 1.165) is 58.9 Å². The van der Waals surface area contributed by atoms with Crippen molar-refractivity contribution in [2.24, 2.45) is 0 Å². The van der Waals surface area contributed by atoms with Gasteiger partial charge in [0.2, 0.25) is 0 Å². The minimum atomic E-state index is 0.589. The number of hydrogen-bond donors (Lipinski definition) is 0. The Kier molecular flexibility index (Phi) is 4.59. The number of rotatable bonds is 3. The zero-order chi connectivity index (χ0) is 19.1. The van der Waals surface area contributed by atoms with E-state index in [9.17, 15) is 0 Å². The molecule has 1 aliphatic rings. The first-order valence-electron chi connectivity index (χ1n) is 9.32. The van der Waals surface area contributed by atoms with Crippen molar-refractivity contribution in [3.05, 3.63) is 75.5 Å². The summed E-state index contributed by atoms with van der Waals surface area (Å²) in [7, 11) is 0. The Labute approximate surface area is 172 Å². The van der Waals surface area contributed by atoms with Gasteiger partial charge in [0.25, 0.3) is 0 Å². The Balaban J connectivity index is 1.38. The van der Waals surface area contributed by atoms with Gasteiger partial charge in [-0.05, 0) is 36.6 Å². The third-order valence-corrected chi connectivity index (χ3v) is 6.34. The van der Waals surface area contributed by atoms with Gasteiger partial charge in [-0.15, -0.1) is 11.3 Å². The Bertz CT molecular complexity index is 1160. The summed E-state index contributed by atoms with van der Waals surface area (Å²) in [6.45, 7) is 4.67. The number of halogens is 1. The van der Waals surface area contributed by atoms with Gasteiger partial charge in [0.1, 0.15) is 5.15 Å². The van der Waals surface area contributed by atoms with Crippen molar-refractivity contribution < 1.29 is 0 Å². The topological polar surface area (TPSA) is 41.9 Å². The van der Waals surface area contributed by atoms with Crippen molar-refractivity contribution in [1.29, 1.82) is 0 Å². The molecule has 4 heterocycles. The maximum atomic E-state index is 6.48. The molecule has 1 aromatic carbocycles. The predicted molar refractivity (Wildman–Crippen MR) is 115 cm³/mol. The molecule has 0 N–H and O–H groups in total. The van der Waals surface area contributed by atoms with Crippen molar-refractivity contribution in [1.82, 2.24) is 19.9 Å². The zero-order valence-corrected chi connectivity index (χ0v) is 17.1. The van der Waals surface area contributed by atoms with E-state index >= 15 is 0 Å². The summed E-state index contributed by atoms with van der Waals surface area (Å²) in [5, 5.41) is 3.79. The Morgan fingerprint density at radius 2 is 2.11 bits per heavy atom. The lowest BCUT2D eigenvalue weighted by molar-refractivity contribution is 0.243. The van der Waals surface area contributed by atoms with Gasteiger partial charge in [-0.25, -0.2) is 15.0 Å². The molecule has 0 fully saturated rings. The average Bonchev–Trinajstić information content (AvgIpc) is 3.23. The van der Waals surface area contributed by atoms with Crippen LogP contribution in [0.15, 0.2) is 48.0 Å². The Morgan fingerprint density at radius 3 is 2.96 bits per heavy atom. The molecule has 3 aromatic heterocycles. The highest BCUT2D eigenvalue weighted by molar-refractivity contribution is 7.13.